The van der Waals surface area contributed by atoms with Crippen molar-refractivity contribution in [1.29, 1.82) is 0 Å². The Bertz CT molecular complexity index is 470. The Labute approximate surface area is 124 Å². The van der Waals surface area contributed by atoms with Gasteiger partial charge < -0.3 is 10.1 Å². The summed E-state index contributed by atoms with van der Waals surface area (Å²) in [7, 11) is 0. The van der Waals surface area contributed by atoms with E-state index >= 15 is 0 Å². The molecule has 0 aliphatic carbocycles. The van der Waals surface area contributed by atoms with Gasteiger partial charge in [0.2, 0.25) is 0 Å². The van der Waals surface area contributed by atoms with Gasteiger partial charge in [-0.1, -0.05) is 18.5 Å². The van der Waals surface area contributed by atoms with Crippen molar-refractivity contribution in [3.63, 3.8) is 0 Å². The number of fused-ring (bicyclic) bond motifs is 1. The Kier molecular flexibility index (Phi) is 4.38. The highest BCUT2D eigenvalue weighted by Crippen LogP contribution is 2.24. The number of halogens is 1. The molecule has 2 aliphatic rings. The van der Waals surface area contributed by atoms with E-state index in [0.717, 1.165) is 37.5 Å². The molecule has 3 heterocycles. The van der Waals surface area contributed by atoms with Crippen molar-refractivity contribution in [2.24, 2.45) is 0 Å². The van der Waals surface area contributed by atoms with E-state index in [1.165, 1.54) is 25.7 Å². The zero-order valence-corrected chi connectivity index (χ0v) is 12.6. The second kappa shape index (κ2) is 6.24. The fraction of sp³-hybridized carbons (Fsp3) is 0.714. The summed E-state index contributed by atoms with van der Waals surface area (Å²) in [5, 5.41) is 3.90. The van der Waals surface area contributed by atoms with Crippen LogP contribution in [-0.4, -0.2) is 53.3 Å². The third kappa shape index (κ3) is 2.90. The summed E-state index contributed by atoms with van der Waals surface area (Å²) in [5.74, 6) is 0.833. The van der Waals surface area contributed by atoms with Gasteiger partial charge >= 0.3 is 0 Å². The molecular weight excluding hydrogens is 276 g/mol. The predicted octanol–water partition coefficient (Wildman–Crippen LogP) is 1.97. The van der Waals surface area contributed by atoms with Gasteiger partial charge in [-0.2, -0.15) is 0 Å². The molecule has 1 aromatic rings. The molecule has 2 aliphatic heterocycles. The monoisotopic (exact) mass is 296 g/mol. The SMILES string of the molecule is CCc1c(Cl)ncnc1NCC1CN2CCCC2CO1. The molecule has 3 rings (SSSR count). The summed E-state index contributed by atoms with van der Waals surface area (Å²) in [6.07, 6.45) is 5.13. The Morgan fingerprint density at radius 3 is 3.25 bits per heavy atom. The second-order valence-electron chi connectivity index (χ2n) is 5.47. The summed E-state index contributed by atoms with van der Waals surface area (Å²) >= 11 is 6.09. The lowest BCUT2D eigenvalue weighted by atomic mass is 10.2. The minimum Gasteiger partial charge on any atom is -0.373 e. The molecule has 2 saturated heterocycles. The Morgan fingerprint density at radius 2 is 2.40 bits per heavy atom. The van der Waals surface area contributed by atoms with Crippen molar-refractivity contribution in [3.8, 4) is 0 Å². The quantitative estimate of drug-likeness (QED) is 0.861. The maximum Gasteiger partial charge on any atom is 0.137 e. The lowest BCUT2D eigenvalue weighted by Gasteiger charge is -2.35. The van der Waals surface area contributed by atoms with E-state index in [9.17, 15) is 0 Å². The van der Waals surface area contributed by atoms with Crippen molar-refractivity contribution in [2.45, 2.75) is 38.3 Å². The van der Waals surface area contributed by atoms with Gasteiger partial charge in [0.25, 0.3) is 0 Å². The number of aromatic nitrogens is 2. The first kappa shape index (κ1) is 14.0. The van der Waals surface area contributed by atoms with E-state index in [1.807, 2.05) is 0 Å². The fourth-order valence-electron chi connectivity index (χ4n) is 3.08. The van der Waals surface area contributed by atoms with E-state index in [1.54, 1.807) is 0 Å². The zero-order chi connectivity index (χ0) is 13.9. The van der Waals surface area contributed by atoms with Crippen LogP contribution < -0.4 is 5.32 Å². The van der Waals surface area contributed by atoms with E-state index in [2.05, 4.69) is 27.1 Å². The van der Waals surface area contributed by atoms with Gasteiger partial charge in [0.05, 0.1) is 12.7 Å². The summed E-state index contributed by atoms with van der Waals surface area (Å²) in [4.78, 5) is 10.9. The van der Waals surface area contributed by atoms with Gasteiger partial charge in [0.15, 0.2) is 0 Å². The molecule has 2 fully saturated rings. The average Bonchev–Trinajstić information content (AvgIpc) is 2.92. The first-order valence-electron chi connectivity index (χ1n) is 7.36. The van der Waals surface area contributed by atoms with E-state index < -0.39 is 0 Å². The van der Waals surface area contributed by atoms with Gasteiger partial charge in [-0.3, -0.25) is 4.90 Å². The molecule has 0 spiro atoms. The van der Waals surface area contributed by atoms with Crippen molar-refractivity contribution in [1.82, 2.24) is 14.9 Å². The van der Waals surface area contributed by atoms with Gasteiger partial charge in [0.1, 0.15) is 17.3 Å². The number of nitrogens with zero attached hydrogens (tertiary/aromatic N) is 3. The Balaban J connectivity index is 1.58. The topological polar surface area (TPSA) is 50.3 Å². The van der Waals surface area contributed by atoms with Crippen LogP contribution in [0.1, 0.15) is 25.3 Å². The number of hydrogen-bond donors (Lipinski definition) is 1. The number of anilines is 1. The van der Waals surface area contributed by atoms with Gasteiger partial charge in [-0.15, -0.1) is 0 Å². The van der Waals surface area contributed by atoms with Gasteiger partial charge in [-0.05, 0) is 25.8 Å². The van der Waals surface area contributed by atoms with Crippen LogP contribution in [0.25, 0.3) is 0 Å². The molecule has 0 bridgehead atoms. The zero-order valence-electron chi connectivity index (χ0n) is 11.8. The molecule has 0 radical (unpaired) electrons. The van der Waals surface area contributed by atoms with E-state index in [4.69, 9.17) is 16.3 Å². The third-order valence-corrected chi connectivity index (χ3v) is 4.53. The lowest BCUT2D eigenvalue weighted by Crippen LogP contribution is -2.48. The fourth-order valence-corrected chi connectivity index (χ4v) is 3.34. The Hall–Kier alpha value is -0.910. The molecule has 20 heavy (non-hydrogen) atoms. The normalized spacial score (nSPS) is 26.5. The minimum absolute atomic E-state index is 0.225. The first-order valence-corrected chi connectivity index (χ1v) is 7.74. The number of ether oxygens (including phenoxy) is 1. The number of hydrogen-bond acceptors (Lipinski definition) is 5. The molecular formula is C14H21ClN4O. The van der Waals surface area contributed by atoms with Gasteiger partial charge in [0, 0.05) is 24.7 Å². The standard InChI is InChI=1S/C14H21ClN4O/c1-2-12-13(15)17-9-18-14(12)16-6-11-7-19-5-3-4-10(19)8-20-11/h9-11H,2-8H2,1H3,(H,16,17,18). The van der Waals surface area contributed by atoms with Crippen LogP contribution >= 0.6 is 11.6 Å². The predicted molar refractivity (Wildman–Crippen MR) is 79.2 cm³/mol. The van der Waals surface area contributed by atoms with Crippen LogP contribution in [0, 0.1) is 0 Å². The highest BCUT2D eigenvalue weighted by molar-refractivity contribution is 6.30. The van der Waals surface area contributed by atoms with Crippen LogP contribution in [0.5, 0.6) is 0 Å². The van der Waals surface area contributed by atoms with Crippen LogP contribution in [0.15, 0.2) is 6.33 Å². The van der Waals surface area contributed by atoms with Crippen LogP contribution in [-0.2, 0) is 11.2 Å². The summed E-state index contributed by atoms with van der Waals surface area (Å²) in [5.41, 5.74) is 0.976. The molecule has 110 valence electrons. The van der Waals surface area contributed by atoms with Crippen molar-refractivity contribution in [2.75, 3.05) is 31.6 Å². The molecule has 1 N–H and O–H groups in total. The summed E-state index contributed by atoms with van der Waals surface area (Å²) in [6, 6.07) is 0.644. The maximum atomic E-state index is 6.09. The molecule has 1 aromatic heterocycles. The first-order chi connectivity index (χ1) is 9.78. The largest absolute Gasteiger partial charge is 0.373 e. The molecule has 5 nitrogen and oxygen atoms in total. The molecule has 0 saturated carbocycles. The van der Waals surface area contributed by atoms with Gasteiger partial charge in [-0.25, -0.2) is 9.97 Å². The van der Waals surface area contributed by atoms with Crippen LogP contribution in [0.2, 0.25) is 5.15 Å². The van der Waals surface area contributed by atoms with Crippen molar-refractivity contribution >= 4 is 17.4 Å². The second-order valence-corrected chi connectivity index (χ2v) is 5.83. The Morgan fingerprint density at radius 1 is 1.50 bits per heavy atom. The van der Waals surface area contributed by atoms with E-state index in [0.29, 0.717) is 11.2 Å². The molecule has 6 heteroatoms. The molecule has 0 amide bonds. The number of nitrogens with one attached hydrogen (secondary N) is 1. The number of morpholine rings is 1. The summed E-state index contributed by atoms with van der Waals surface area (Å²) < 4.78 is 5.94. The average molecular weight is 297 g/mol. The van der Waals surface area contributed by atoms with E-state index in [-0.39, 0.29) is 6.10 Å². The highest BCUT2D eigenvalue weighted by Gasteiger charge is 2.32. The van der Waals surface area contributed by atoms with Crippen LogP contribution in [0.4, 0.5) is 5.82 Å². The lowest BCUT2D eigenvalue weighted by molar-refractivity contribution is -0.0416. The number of rotatable bonds is 4. The minimum atomic E-state index is 0.225. The highest BCUT2D eigenvalue weighted by atomic mass is 35.5. The van der Waals surface area contributed by atoms with Crippen molar-refractivity contribution < 1.29 is 4.74 Å². The smallest absolute Gasteiger partial charge is 0.137 e. The van der Waals surface area contributed by atoms with Crippen molar-refractivity contribution in [3.05, 3.63) is 17.0 Å². The maximum absolute atomic E-state index is 6.09. The molecule has 2 unspecified atom stereocenters. The molecule has 2 atom stereocenters. The summed E-state index contributed by atoms with van der Waals surface area (Å²) in [6.45, 7) is 5.91. The van der Waals surface area contributed by atoms with Crippen LogP contribution in [0.3, 0.4) is 0 Å². The third-order valence-electron chi connectivity index (χ3n) is 4.21. The molecule has 0 aromatic carbocycles.